The number of amidine groups is 1. The molecule has 0 bridgehead atoms. The molecule has 0 aliphatic heterocycles. The molecular formula is C37H43N5O9. The van der Waals surface area contributed by atoms with Crippen LogP contribution in [0.2, 0.25) is 0 Å². The molecule has 270 valence electrons. The first-order valence-corrected chi connectivity index (χ1v) is 16.5. The first-order chi connectivity index (χ1) is 24.3. The molecule has 0 saturated heterocycles. The van der Waals surface area contributed by atoms with Crippen molar-refractivity contribution >= 4 is 41.5 Å². The van der Waals surface area contributed by atoms with Crippen molar-refractivity contribution in [3.05, 3.63) is 83.2 Å². The van der Waals surface area contributed by atoms with Crippen molar-refractivity contribution < 1.29 is 43.2 Å². The van der Waals surface area contributed by atoms with E-state index in [-0.39, 0.29) is 40.5 Å². The second kappa shape index (κ2) is 17.4. The van der Waals surface area contributed by atoms with E-state index in [1.54, 1.807) is 63.2 Å². The number of aliphatic hydroxyl groups is 1. The number of carbonyl (C=O) groups excluding carboxylic acids is 4. The second-order valence-corrected chi connectivity index (χ2v) is 12.0. The minimum absolute atomic E-state index is 0.113. The lowest BCUT2D eigenvalue weighted by molar-refractivity contribution is -0.169. The van der Waals surface area contributed by atoms with Crippen LogP contribution in [-0.2, 0) is 19.0 Å². The number of benzene rings is 2. The monoisotopic (exact) mass is 701 g/mol. The van der Waals surface area contributed by atoms with Crippen LogP contribution < -0.4 is 20.7 Å². The Hall–Kier alpha value is -5.60. The Morgan fingerprint density at radius 3 is 2.35 bits per heavy atom. The first kappa shape index (κ1) is 38.2. The van der Waals surface area contributed by atoms with Crippen LogP contribution in [0.1, 0.15) is 84.4 Å². The van der Waals surface area contributed by atoms with Gasteiger partial charge in [0.05, 0.1) is 25.3 Å². The van der Waals surface area contributed by atoms with Crippen LogP contribution >= 0.6 is 0 Å². The molecule has 1 fully saturated rings. The van der Waals surface area contributed by atoms with Gasteiger partial charge in [0.1, 0.15) is 17.8 Å². The van der Waals surface area contributed by atoms with Crippen LogP contribution in [0.3, 0.4) is 0 Å². The molecule has 4 rings (SSSR count). The van der Waals surface area contributed by atoms with Crippen molar-refractivity contribution in [2.24, 2.45) is 11.8 Å². The number of aromatic nitrogens is 1. The molecule has 2 aromatic carbocycles. The number of esters is 2. The minimum atomic E-state index is -1.26. The van der Waals surface area contributed by atoms with Gasteiger partial charge >= 0.3 is 18.0 Å². The predicted molar refractivity (Wildman–Crippen MR) is 189 cm³/mol. The SMILES string of the molecule is C=Cc1cc(C(=O)Nc2ccc(C(=N)NC(=O)OCC)cc2)c(-c2ccc(C(O)NCC3CC3)nc2C(=O)OC(C)OC(=O)C(C)C)cc1OC. The third-order valence-corrected chi connectivity index (χ3v) is 7.77. The number of nitrogens with zero attached hydrogens (tertiary/aromatic N) is 1. The maximum absolute atomic E-state index is 13.9. The van der Waals surface area contributed by atoms with Gasteiger partial charge in [-0.3, -0.25) is 25.6 Å². The first-order valence-electron chi connectivity index (χ1n) is 16.5. The van der Waals surface area contributed by atoms with Crippen molar-refractivity contribution in [3.8, 4) is 16.9 Å². The van der Waals surface area contributed by atoms with Gasteiger partial charge in [0, 0.05) is 47.0 Å². The number of rotatable bonds is 15. The third-order valence-electron chi connectivity index (χ3n) is 7.77. The summed E-state index contributed by atoms with van der Waals surface area (Å²) in [6.07, 6.45) is 0.417. The molecule has 0 spiro atoms. The van der Waals surface area contributed by atoms with E-state index in [9.17, 15) is 24.3 Å². The summed E-state index contributed by atoms with van der Waals surface area (Å²) in [6.45, 7) is 10.9. The van der Waals surface area contributed by atoms with E-state index >= 15 is 0 Å². The molecule has 14 nitrogen and oxygen atoms in total. The van der Waals surface area contributed by atoms with Crippen molar-refractivity contribution in [2.75, 3.05) is 25.6 Å². The fourth-order valence-electron chi connectivity index (χ4n) is 4.84. The van der Waals surface area contributed by atoms with Gasteiger partial charge in [-0.15, -0.1) is 0 Å². The number of pyridine rings is 1. The molecule has 2 amide bonds. The van der Waals surface area contributed by atoms with Crippen molar-refractivity contribution in [2.45, 2.75) is 53.1 Å². The van der Waals surface area contributed by atoms with Crippen LogP contribution in [0.4, 0.5) is 10.5 Å². The highest BCUT2D eigenvalue weighted by Crippen LogP contribution is 2.35. The fourth-order valence-corrected chi connectivity index (χ4v) is 4.84. The van der Waals surface area contributed by atoms with Crippen LogP contribution in [0.5, 0.6) is 5.75 Å². The Balaban J connectivity index is 1.72. The molecule has 51 heavy (non-hydrogen) atoms. The van der Waals surface area contributed by atoms with Crippen LogP contribution in [0.15, 0.2) is 55.1 Å². The van der Waals surface area contributed by atoms with Crippen molar-refractivity contribution in [1.29, 1.82) is 5.41 Å². The Labute approximate surface area is 296 Å². The number of hydrogen-bond donors (Lipinski definition) is 5. The number of hydrogen-bond acceptors (Lipinski definition) is 12. The highest BCUT2D eigenvalue weighted by Gasteiger charge is 2.28. The summed E-state index contributed by atoms with van der Waals surface area (Å²) in [5, 5.41) is 27.2. The average Bonchev–Trinajstić information content (AvgIpc) is 3.94. The topological polar surface area (TPSA) is 198 Å². The van der Waals surface area contributed by atoms with E-state index in [0.29, 0.717) is 35.0 Å². The number of aliphatic hydroxyl groups excluding tert-OH is 1. The molecule has 1 aliphatic carbocycles. The van der Waals surface area contributed by atoms with E-state index in [1.807, 2.05) is 0 Å². The van der Waals surface area contributed by atoms with Gasteiger partial charge in [-0.05, 0) is 74.2 Å². The number of methoxy groups -OCH3 is 1. The van der Waals surface area contributed by atoms with E-state index in [0.717, 1.165) is 12.8 Å². The normalized spacial score (nSPS) is 13.4. The lowest BCUT2D eigenvalue weighted by atomic mass is 9.94. The number of ether oxygens (including phenoxy) is 4. The largest absolute Gasteiger partial charge is 0.496 e. The van der Waals surface area contributed by atoms with Gasteiger partial charge < -0.3 is 29.4 Å². The molecule has 14 heteroatoms. The van der Waals surface area contributed by atoms with E-state index in [2.05, 4.69) is 27.5 Å². The van der Waals surface area contributed by atoms with Gasteiger partial charge in [-0.25, -0.2) is 14.6 Å². The molecule has 0 radical (unpaired) electrons. The van der Waals surface area contributed by atoms with Crippen LogP contribution in [0, 0.1) is 17.2 Å². The Morgan fingerprint density at radius 1 is 1.04 bits per heavy atom. The molecule has 5 N–H and O–H groups in total. The van der Waals surface area contributed by atoms with Gasteiger partial charge in [0.2, 0.25) is 6.29 Å². The number of nitrogens with one attached hydrogen (secondary N) is 4. The molecule has 3 aromatic rings. The minimum Gasteiger partial charge on any atom is -0.496 e. The highest BCUT2D eigenvalue weighted by molar-refractivity contribution is 6.11. The smallest absolute Gasteiger partial charge is 0.412 e. The van der Waals surface area contributed by atoms with Gasteiger partial charge in [-0.1, -0.05) is 26.5 Å². The number of anilines is 1. The number of alkyl carbamates (subject to hydrolysis) is 1. The summed E-state index contributed by atoms with van der Waals surface area (Å²) in [7, 11) is 1.45. The van der Waals surface area contributed by atoms with Crippen molar-refractivity contribution in [3.63, 3.8) is 0 Å². The number of amides is 2. The van der Waals surface area contributed by atoms with E-state index in [1.165, 1.54) is 26.2 Å². The summed E-state index contributed by atoms with van der Waals surface area (Å²) in [5.41, 5.74) is 1.65. The zero-order valence-corrected chi connectivity index (χ0v) is 29.2. The molecule has 2 unspecified atom stereocenters. The zero-order chi connectivity index (χ0) is 37.2. The average molecular weight is 702 g/mol. The molecular weight excluding hydrogens is 658 g/mol. The van der Waals surface area contributed by atoms with Crippen LogP contribution in [0.25, 0.3) is 17.2 Å². The van der Waals surface area contributed by atoms with Crippen LogP contribution in [-0.4, -0.2) is 66.4 Å². The van der Waals surface area contributed by atoms with E-state index < -0.39 is 42.4 Å². The maximum Gasteiger partial charge on any atom is 0.412 e. The zero-order valence-electron chi connectivity index (χ0n) is 29.2. The standard InChI is InChI=1S/C37H43N5O9/c1-7-23-17-28(33(43)40-25-13-11-24(12-14-25)32(38)42-37(47)49-8-2)27(18-30(23)48-6)26-15-16-29(34(44)39-19-22-9-10-22)41-31(26)36(46)51-21(5)50-35(45)20(3)4/h7,11-18,20-22,34,39,44H,1,8-10,19H2,2-6H3,(H,40,43)(H2,38,42,47). The number of carbonyl (C=O) groups is 4. The quantitative estimate of drug-likeness (QED) is 0.0587. The lowest BCUT2D eigenvalue weighted by Gasteiger charge is -2.20. The molecule has 2 atom stereocenters. The Kier molecular flexibility index (Phi) is 13.0. The Morgan fingerprint density at radius 2 is 1.75 bits per heavy atom. The summed E-state index contributed by atoms with van der Waals surface area (Å²) >= 11 is 0. The third kappa shape index (κ3) is 10.2. The molecule has 1 saturated carbocycles. The fraction of sp³-hybridized carbons (Fsp3) is 0.351. The van der Waals surface area contributed by atoms with Gasteiger partial charge in [-0.2, -0.15) is 0 Å². The molecule has 1 aliphatic rings. The highest BCUT2D eigenvalue weighted by atomic mass is 16.7. The summed E-state index contributed by atoms with van der Waals surface area (Å²) in [6, 6.07) is 12.4. The van der Waals surface area contributed by atoms with Gasteiger partial charge in [0.15, 0.2) is 5.69 Å². The lowest BCUT2D eigenvalue weighted by Crippen LogP contribution is -2.31. The Bertz CT molecular complexity index is 1790. The maximum atomic E-state index is 13.9. The van der Waals surface area contributed by atoms with Crippen molar-refractivity contribution in [1.82, 2.24) is 15.6 Å². The predicted octanol–water partition coefficient (Wildman–Crippen LogP) is 5.42. The van der Waals surface area contributed by atoms with E-state index in [4.69, 9.17) is 24.4 Å². The summed E-state index contributed by atoms with van der Waals surface area (Å²) < 4.78 is 21.1. The van der Waals surface area contributed by atoms with Gasteiger partial charge in [0.25, 0.3) is 5.91 Å². The second-order valence-electron chi connectivity index (χ2n) is 12.0. The summed E-state index contributed by atoms with van der Waals surface area (Å²) in [4.78, 5) is 56.0. The molecule has 1 heterocycles. The molecule has 1 aromatic heterocycles. The summed E-state index contributed by atoms with van der Waals surface area (Å²) in [5.74, 6) is -1.94.